The van der Waals surface area contributed by atoms with Crippen molar-refractivity contribution < 1.29 is 19.4 Å². The van der Waals surface area contributed by atoms with Crippen molar-refractivity contribution >= 4 is 17.4 Å². The topological polar surface area (TPSA) is 83.0 Å². The third-order valence-corrected chi connectivity index (χ3v) is 5.04. The molecule has 3 rings (SSSR count). The van der Waals surface area contributed by atoms with E-state index in [4.69, 9.17) is 4.74 Å². The number of pyridine rings is 1. The lowest BCUT2D eigenvalue weighted by Crippen LogP contribution is -2.32. The molecule has 0 radical (unpaired) electrons. The molecule has 1 aromatic carbocycles. The Hall–Kier alpha value is -3.19. The average Bonchev–Trinajstić information content (AvgIpc) is 2.99. The number of likely N-dealkylation sites (tertiary alicyclic amines) is 1. The zero-order chi connectivity index (χ0) is 22.5. The fourth-order valence-corrected chi connectivity index (χ4v) is 3.67. The van der Waals surface area contributed by atoms with Crippen LogP contribution in [0.25, 0.3) is 5.76 Å². The van der Waals surface area contributed by atoms with E-state index in [0.717, 1.165) is 6.54 Å². The van der Waals surface area contributed by atoms with E-state index in [9.17, 15) is 14.7 Å². The molecule has 0 spiro atoms. The molecule has 0 saturated carbocycles. The number of aliphatic hydroxyl groups excluding tert-OH is 1. The lowest BCUT2D eigenvalue weighted by Gasteiger charge is -2.25. The summed E-state index contributed by atoms with van der Waals surface area (Å²) >= 11 is 0. The van der Waals surface area contributed by atoms with Gasteiger partial charge in [-0.25, -0.2) is 0 Å². The summed E-state index contributed by atoms with van der Waals surface area (Å²) in [5, 5.41) is 11.1. The van der Waals surface area contributed by atoms with E-state index in [1.165, 1.54) is 4.90 Å². The van der Waals surface area contributed by atoms with Gasteiger partial charge in [0.2, 0.25) is 0 Å². The molecule has 7 nitrogen and oxygen atoms in total. The third-order valence-electron chi connectivity index (χ3n) is 5.04. The van der Waals surface area contributed by atoms with Gasteiger partial charge in [0.1, 0.15) is 11.5 Å². The lowest BCUT2D eigenvalue weighted by molar-refractivity contribution is -0.139. The Bertz CT molecular complexity index is 953. The second-order valence-corrected chi connectivity index (χ2v) is 8.13. The van der Waals surface area contributed by atoms with Crippen molar-refractivity contribution in [2.24, 2.45) is 0 Å². The van der Waals surface area contributed by atoms with E-state index in [0.29, 0.717) is 29.8 Å². The number of carbonyl (C=O) groups is 2. The second kappa shape index (κ2) is 9.75. The maximum absolute atomic E-state index is 13.0. The van der Waals surface area contributed by atoms with Gasteiger partial charge in [-0.05, 0) is 76.8 Å². The molecule has 1 amide bonds. The van der Waals surface area contributed by atoms with Crippen LogP contribution in [-0.2, 0) is 9.59 Å². The van der Waals surface area contributed by atoms with Gasteiger partial charge in [-0.1, -0.05) is 6.07 Å². The van der Waals surface area contributed by atoms with Crippen LogP contribution in [0.3, 0.4) is 0 Å². The highest BCUT2D eigenvalue weighted by Gasteiger charge is 2.45. The molecular formula is C24H29N3O4. The van der Waals surface area contributed by atoms with Crippen LogP contribution < -0.4 is 4.74 Å². The van der Waals surface area contributed by atoms with Gasteiger partial charge < -0.3 is 19.6 Å². The number of Topliss-reactive ketones (excluding diaryl/α,β-unsaturated/α-hetero) is 1. The van der Waals surface area contributed by atoms with Gasteiger partial charge in [-0.2, -0.15) is 0 Å². The average molecular weight is 424 g/mol. The Morgan fingerprint density at radius 2 is 1.90 bits per heavy atom. The van der Waals surface area contributed by atoms with Gasteiger partial charge in [0.25, 0.3) is 11.7 Å². The summed E-state index contributed by atoms with van der Waals surface area (Å²) in [6, 6.07) is 9.74. The van der Waals surface area contributed by atoms with Crippen molar-refractivity contribution in [2.75, 3.05) is 27.2 Å². The van der Waals surface area contributed by atoms with Crippen LogP contribution in [-0.4, -0.2) is 64.9 Å². The molecular weight excluding hydrogens is 394 g/mol. The summed E-state index contributed by atoms with van der Waals surface area (Å²) in [6.07, 6.45) is 3.99. The third kappa shape index (κ3) is 5.11. The zero-order valence-corrected chi connectivity index (χ0v) is 18.4. The minimum Gasteiger partial charge on any atom is -0.507 e. The first kappa shape index (κ1) is 22.5. The van der Waals surface area contributed by atoms with Crippen LogP contribution in [0.2, 0.25) is 0 Å². The van der Waals surface area contributed by atoms with Crippen molar-refractivity contribution in [1.82, 2.24) is 14.8 Å². The number of hydrogen-bond donors (Lipinski definition) is 1. The standard InChI is InChI=1S/C24H29N3O4/c1-16(2)31-19-10-8-17(9-11-19)22(28)20-21(18-7-5-12-25-15-18)27(24(30)23(20)29)14-6-13-26(3)4/h5,7-12,15-16,21,28H,6,13-14H2,1-4H3/b22-20+/t21-/m1/s1. The normalized spacial score (nSPS) is 18.3. The van der Waals surface area contributed by atoms with Gasteiger partial charge in [0.15, 0.2) is 0 Å². The van der Waals surface area contributed by atoms with Gasteiger partial charge in [0.05, 0.1) is 17.7 Å². The Kier molecular flexibility index (Phi) is 7.07. The van der Waals surface area contributed by atoms with Gasteiger partial charge in [0, 0.05) is 24.5 Å². The molecule has 1 N–H and O–H groups in total. The summed E-state index contributed by atoms with van der Waals surface area (Å²) in [5.41, 5.74) is 1.23. The minimum atomic E-state index is -0.682. The van der Waals surface area contributed by atoms with E-state index in [1.807, 2.05) is 38.9 Å². The maximum Gasteiger partial charge on any atom is 0.295 e. The summed E-state index contributed by atoms with van der Waals surface area (Å²) in [7, 11) is 3.92. The number of aromatic nitrogens is 1. The predicted molar refractivity (Wildman–Crippen MR) is 119 cm³/mol. The first-order valence-corrected chi connectivity index (χ1v) is 10.4. The van der Waals surface area contributed by atoms with E-state index >= 15 is 0 Å². The molecule has 1 atom stereocenters. The van der Waals surface area contributed by atoms with Crippen LogP contribution in [0, 0.1) is 0 Å². The number of aliphatic hydroxyl groups is 1. The van der Waals surface area contributed by atoms with E-state index in [-0.39, 0.29) is 17.4 Å². The molecule has 31 heavy (non-hydrogen) atoms. The molecule has 2 heterocycles. The molecule has 0 unspecified atom stereocenters. The number of amides is 1. The first-order chi connectivity index (χ1) is 14.8. The fourth-order valence-electron chi connectivity index (χ4n) is 3.67. The molecule has 2 aromatic rings. The van der Waals surface area contributed by atoms with Crippen LogP contribution in [0.15, 0.2) is 54.4 Å². The Balaban J connectivity index is 2.01. The molecule has 1 aliphatic rings. The molecule has 164 valence electrons. The molecule has 1 aromatic heterocycles. The summed E-state index contributed by atoms with van der Waals surface area (Å²) in [6.45, 7) is 5.04. The van der Waals surface area contributed by atoms with Crippen molar-refractivity contribution in [3.63, 3.8) is 0 Å². The second-order valence-electron chi connectivity index (χ2n) is 8.13. The number of ether oxygens (including phenoxy) is 1. The van der Waals surface area contributed by atoms with Crippen LogP contribution in [0.1, 0.15) is 37.4 Å². The van der Waals surface area contributed by atoms with Gasteiger partial charge in [-0.3, -0.25) is 14.6 Å². The van der Waals surface area contributed by atoms with Crippen molar-refractivity contribution in [1.29, 1.82) is 0 Å². The largest absolute Gasteiger partial charge is 0.507 e. The van der Waals surface area contributed by atoms with E-state index in [1.54, 1.807) is 42.7 Å². The van der Waals surface area contributed by atoms with Gasteiger partial charge in [-0.15, -0.1) is 0 Å². The van der Waals surface area contributed by atoms with Crippen LogP contribution in [0.5, 0.6) is 5.75 Å². The van der Waals surface area contributed by atoms with Crippen molar-refractivity contribution in [3.8, 4) is 5.75 Å². The summed E-state index contributed by atoms with van der Waals surface area (Å²) in [5.74, 6) is -0.814. The number of hydrogen-bond acceptors (Lipinski definition) is 6. The predicted octanol–water partition coefficient (Wildman–Crippen LogP) is 3.24. The van der Waals surface area contributed by atoms with Crippen molar-refractivity contribution in [3.05, 3.63) is 65.5 Å². The lowest BCUT2D eigenvalue weighted by atomic mass is 9.96. The van der Waals surface area contributed by atoms with Crippen LogP contribution >= 0.6 is 0 Å². The van der Waals surface area contributed by atoms with E-state index in [2.05, 4.69) is 4.98 Å². The Morgan fingerprint density at radius 3 is 2.48 bits per heavy atom. The number of carbonyl (C=O) groups excluding carboxylic acids is 2. The van der Waals surface area contributed by atoms with Crippen molar-refractivity contribution in [2.45, 2.75) is 32.4 Å². The zero-order valence-electron chi connectivity index (χ0n) is 18.4. The number of nitrogens with zero attached hydrogens (tertiary/aromatic N) is 3. The monoisotopic (exact) mass is 423 g/mol. The molecule has 1 saturated heterocycles. The molecule has 0 aliphatic carbocycles. The number of rotatable bonds is 8. The number of benzene rings is 1. The Morgan fingerprint density at radius 1 is 1.19 bits per heavy atom. The fraction of sp³-hybridized carbons (Fsp3) is 0.375. The highest BCUT2D eigenvalue weighted by molar-refractivity contribution is 6.46. The summed E-state index contributed by atoms with van der Waals surface area (Å²) in [4.78, 5) is 33.5. The molecule has 1 aliphatic heterocycles. The quantitative estimate of drug-likeness (QED) is 0.399. The highest BCUT2D eigenvalue weighted by Crippen LogP contribution is 2.39. The first-order valence-electron chi connectivity index (χ1n) is 10.4. The number of ketones is 1. The van der Waals surface area contributed by atoms with Gasteiger partial charge >= 0.3 is 0 Å². The summed E-state index contributed by atoms with van der Waals surface area (Å²) < 4.78 is 5.64. The maximum atomic E-state index is 13.0. The minimum absolute atomic E-state index is 0.0255. The Labute approximate surface area is 183 Å². The molecule has 0 bridgehead atoms. The molecule has 7 heteroatoms. The highest BCUT2D eigenvalue weighted by atomic mass is 16.5. The van der Waals surface area contributed by atoms with Crippen LogP contribution in [0.4, 0.5) is 0 Å². The molecule has 1 fully saturated rings. The van der Waals surface area contributed by atoms with E-state index < -0.39 is 17.7 Å². The smallest absolute Gasteiger partial charge is 0.295 e. The SMILES string of the molecule is CC(C)Oc1ccc(/C(O)=C2\C(=O)C(=O)N(CCCN(C)C)[C@@H]2c2cccnc2)cc1.